The summed E-state index contributed by atoms with van der Waals surface area (Å²) in [6.45, 7) is 4.31. The molecule has 11 heteroatoms. The van der Waals surface area contributed by atoms with E-state index in [1.54, 1.807) is 12.1 Å². The Morgan fingerprint density at radius 1 is 1.06 bits per heavy atom. The largest absolute Gasteiger partial charge is 0.495 e. The van der Waals surface area contributed by atoms with Gasteiger partial charge in [0, 0.05) is 13.1 Å². The fourth-order valence-electron chi connectivity index (χ4n) is 4.10. The Morgan fingerprint density at radius 2 is 1.71 bits per heavy atom. The average molecular weight is 524 g/mol. The van der Waals surface area contributed by atoms with Gasteiger partial charge in [-0.25, -0.2) is 16.8 Å². The molecule has 1 amide bonds. The van der Waals surface area contributed by atoms with Crippen molar-refractivity contribution < 1.29 is 26.4 Å². The molecule has 1 aliphatic heterocycles. The summed E-state index contributed by atoms with van der Waals surface area (Å²) in [4.78, 5) is 13.1. The minimum Gasteiger partial charge on any atom is -0.495 e. The third-order valence-electron chi connectivity index (χ3n) is 5.91. The second-order valence-corrected chi connectivity index (χ2v) is 12.7. The second kappa shape index (κ2) is 11.0. The summed E-state index contributed by atoms with van der Waals surface area (Å²) >= 11 is 0. The van der Waals surface area contributed by atoms with Crippen LogP contribution in [-0.2, 0) is 24.8 Å². The molecule has 0 atom stereocenters. The molecule has 9 nitrogen and oxygen atoms in total. The molecule has 2 aromatic rings. The van der Waals surface area contributed by atoms with E-state index < -0.39 is 32.5 Å². The van der Waals surface area contributed by atoms with Gasteiger partial charge < -0.3 is 10.1 Å². The number of methoxy groups -OCH3 is 1. The van der Waals surface area contributed by atoms with E-state index in [-0.39, 0.29) is 22.3 Å². The Kier molecular flexibility index (Phi) is 8.45. The normalized spacial score (nSPS) is 15.1. The van der Waals surface area contributed by atoms with Crippen LogP contribution in [0, 0.1) is 0 Å². The number of para-hydroxylation sites is 1. The highest BCUT2D eigenvalue weighted by Crippen LogP contribution is 2.31. The summed E-state index contributed by atoms with van der Waals surface area (Å²) in [5.41, 5.74) is 1.37. The first-order chi connectivity index (χ1) is 16.4. The number of hydrogen-bond acceptors (Lipinski definition) is 6. The van der Waals surface area contributed by atoms with Crippen LogP contribution in [0.1, 0.15) is 44.6 Å². The maximum atomic E-state index is 13.1. The molecule has 0 aromatic heterocycles. The van der Waals surface area contributed by atoms with Gasteiger partial charge in [0.05, 0.1) is 29.6 Å². The van der Waals surface area contributed by atoms with Crippen molar-refractivity contribution in [1.82, 2.24) is 4.31 Å². The van der Waals surface area contributed by atoms with Gasteiger partial charge in [-0.05, 0) is 48.6 Å². The van der Waals surface area contributed by atoms with Crippen molar-refractivity contribution in [3.8, 4) is 5.75 Å². The molecule has 35 heavy (non-hydrogen) atoms. The van der Waals surface area contributed by atoms with Crippen LogP contribution in [0.4, 0.5) is 11.4 Å². The molecule has 1 saturated heterocycles. The number of hydrogen-bond donors (Lipinski definition) is 1. The first-order valence-electron chi connectivity index (χ1n) is 11.5. The van der Waals surface area contributed by atoms with Gasteiger partial charge in [-0.2, -0.15) is 4.31 Å². The fourth-order valence-corrected chi connectivity index (χ4v) is 6.52. The van der Waals surface area contributed by atoms with Gasteiger partial charge in [0.15, 0.2) is 0 Å². The molecular formula is C24H33N3O6S2. The smallest absolute Gasteiger partial charge is 0.245 e. The molecule has 3 rings (SSSR count). The highest BCUT2D eigenvalue weighted by molar-refractivity contribution is 7.92. The van der Waals surface area contributed by atoms with Crippen LogP contribution in [0.2, 0.25) is 0 Å². The monoisotopic (exact) mass is 523 g/mol. The van der Waals surface area contributed by atoms with Crippen molar-refractivity contribution in [2.24, 2.45) is 0 Å². The van der Waals surface area contributed by atoms with Crippen molar-refractivity contribution in [2.75, 3.05) is 42.6 Å². The lowest BCUT2D eigenvalue weighted by molar-refractivity contribution is -0.114. The molecule has 0 radical (unpaired) electrons. The molecule has 1 fully saturated rings. The predicted octanol–water partition coefficient (Wildman–Crippen LogP) is 3.40. The number of nitrogens with one attached hydrogen (secondary N) is 1. The predicted molar refractivity (Wildman–Crippen MR) is 137 cm³/mol. The van der Waals surface area contributed by atoms with Crippen molar-refractivity contribution in [1.29, 1.82) is 0 Å². The van der Waals surface area contributed by atoms with Gasteiger partial charge >= 0.3 is 0 Å². The van der Waals surface area contributed by atoms with Gasteiger partial charge in [0.2, 0.25) is 26.0 Å². The van der Waals surface area contributed by atoms with Gasteiger partial charge in [-0.3, -0.25) is 9.10 Å². The van der Waals surface area contributed by atoms with E-state index in [0.717, 1.165) is 35.4 Å². The Hall–Kier alpha value is -2.63. The number of benzene rings is 2. The number of piperidine rings is 1. The number of carbonyl (C=O) groups excluding carboxylic acids is 1. The van der Waals surface area contributed by atoms with E-state index in [0.29, 0.717) is 18.8 Å². The van der Waals surface area contributed by atoms with Crippen molar-refractivity contribution in [3.63, 3.8) is 0 Å². The minimum atomic E-state index is -3.78. The van der Waals surface area contributed by atoms with Crippen molar-refractivity contribution >= 4 is 37.3 Å². The van der Waals surface area contributed by atoms with Crippen LogP contribution in [-0.4, -0.2) is 60.0 Å². The summed E-state index contributed by atoms with van der Waals surface area (Å²) in [6, 6.07) is 11.3. The van der Waals surface area contributed by atoms with Crippen LogP contribution in [0.3, 0.4) is 0 Å². The Labute approximate surface area is 208 Å². The molecule has 1 heterocycles. The highest BCUT2D eigenvalue weighted by Gasteiger charge is 2.28. The molecule has 1 aliphatic rings. The molecule has 192 valence electrons. The topological polar surface area (TPSA) is 113 Å². The zero-order valence-electron chi connectivity index (χ0n) is 20.5. The zero-order chi connectivity index (χ0) is 25.8. The number of anilines is 2. The lowest BCUT2D eigenvalue weighted by Gasteiger charge is -2.27. The van der Waals surface area contributed by atoms with Gasteiger partial charge in [0.1, 0.15) is 12.3 Å². The summed E-state index contributed by atoms with van der Waals surface area (Å²) < 4.78 is 59.2. The van der Waals surface area contributed by atoms with E-state index in [1.165, 1.54) is 29.6 Å². The molecule has 1 N–H and O–H groups in total. The molecule has 0 aliphatic carbocycles. The molecular weight excluding hydrogens is 490 g/mol. The van der Waals surface area contributed by atoms with E-state index in [4.69, 9.17) is 4.74 Å². The van der Waals surface area contributed by atoms with Gasteiger partial charge in [0.25, 0.3) is 0 Å². The minimum absolute atomic E-state index is 0.0373. The number of rotatable bonds is 9. The Bertz CT molecular complexity index is 1270. The maximum Gasteiger partial charge on any atom is 0.245 e. The molecule has 0 saturated carbocycles. The van der Waals surface area contributed by atoms with Crippen LogP contribution in [0.5, 0.6) is 5.75 Å². The summed E-state index contributed by atoms with van der Waals surface area (Å²) in [7, 11) is -6.11. The van der Waals surface area contributed by atoms with Crippen LogP contribution >= 0.6 is 0 Å². The van der Waals surface area contributed by atoms with E-state index in [9.17, 15) is 21.6 Å². The van der Waals surface area contributed by atoms with Crippen LogP contribution < -0.4 is 14.4 Å². The number of ether oxygens (including phenoxy) is 1. The lowest BCUT2D eigenvalue weighted by atomic mass is 10.0. The molecule has 2 aromatic carbocycles. The zero-order valence-corrected chi connectivity index (χ0v) is 22.2. The van der Waals surface area contributed by atoms with Crippen LogP contribution in [0.15, 0.2) is 47.4 Å². The second-order valence-electron chi connectivity index (χ2n) is 8.86. The average Bonchev–Trinajstić information content (AvgIpc) is 2.82. The van der Waals surface area contributed by atoms with Crippen molar-refractivity contribution in [2.45, 2.75) is 43.9 Å². The summed E-state index contributed by atoms with van der Waals surface area (Å²) in [6.07, 6.45) is 3.65. The molecule has 0 bridgehead atoms. The number of sulfonamides is 2. The SMILES string of the molecule is COc1ccc(S(=O)(=O)N2CCCCC2)cc1NC(=O)CN(c1ccccc1C(C)C)S(C)(=O)=O. The standard InChI is InChI=1S/C24H33N3O6S2/c1-18(2)20-10-6-7-11-22(20)27(34(4,29)30)17-24(28)25-21-16-19(12-13-23(21)33-3)35(31,32)26-14-8-5-9-15-26/h6-7,10-13,16,18H,5,8-9,14-15,17H2,1-4H3,(H,25,28). The summed E-state index contributed by atoms with van der Waals surface area (Å²) in [5.74, 6) is -0.320. The Morgan fingerprint density at radius 3 is 2.31 bits per heavy atom. The van der Waals surface area contributed by atoms with Gasteiger partial charge in [-0.15, -0.1) is 0 Å². The third kappa shape index (κ3) is 6.33. The van der Waals surface area contributed by atoms with Gasteiger partial charge in [-0.1, -0.05) is 38.5 Å². The van der Waals surface area contributed by atoms with E-state index in [1.807, 2.05) is 26.0 Å². The fraction of sp³-hybridized carbons (Fsp3) is 0.458. The summed E-state index contributed by atoms with van der Waals surface area (Å²) in [5, 5.41) is 2.64. The van der Waals surface area contributed by atoms with E-state index in [2.05, 4.69) is 5.32 Å². The molecule has 0 unspecified atom stereocenters. The van der Waals surface area contributed by atoms with Crippen LogP contribution in [0.25, 0.3) is 0 Å². The van der Waals surface area contributed by atoms with E-state index >= 15 is 0 Å². The van der Waals surface area contributed by atoms with Crippen molar-refractivity contribution in [3.05, 3.63) is 48.0 Å². The number of carbonyl (C=O) groups is 1. The first-order valence-corrected chi connectivity index (χ1v) is 14.8. The maximum absolute atomic E-state index is 13.1. The quantitative estimate of drug-likeness (QED) is 0.539. The third-order valence-corrected chi connectivity index (χ3v) is 8.93. The number of nitrogens with zero attached hydrogens (tertiary/aromatic N) is 2. The lowest BCUT2D eigenvalue weighted by Crippen LogP contribution is -2.38. The number of amides is 1. The highest BCUT2D eigenvalue weighted by atomic mass is 32.2. The Balaban J connectivity index is 1.90. The molecule has 0 spiro atoms. The first kappa shape index (κ1) is 27.0.